The van der Waals surface area contributed by atoms with Crippen molar-refractivity contribution < 1.29 is 0 Å². The zero-order valence-electron chi connectivity index (χ0n) is 12.3. The largest absolute Gasteiger partial charge is 0.351 e. The molecule has 1 N–H and O–H groups in total. The lowest BCUT2D eigenvalue weighted by Crippen LogP contribution is -2.20. The molecule has 4 rings (SSSR count). The predicted molar refractivity (Wildman–Crippen MR) is 89.3 cm³/mol. The van der Waals surface area contributed by atoms with Crippen molar-refractivity contribution in [2.24, 2.45) is 0 Å². The van der Waals surface area contributed by atoms with E-state index in [9.17, 15) is 0 Å². The summed E-state index contributed by atoms with van der Waals surface area (Å²) in [5.41, 5.74) is 4.25. The maximum absolute atomic E-state index is 6.05. The van der Waals surface area contributed by atoms with Gasteiger partial charge >= 0.3 is 0 Å². The van der Waals surface area contributed by atoms with E-state index in [0.717, 1.165) is 29.1 Å². The number of aromatic nitrogens is 4. The quantitative estimate of drug-likeness (QED) is 0.802. The minimum Gasteiger partial charge on any atom is -0.351 e. The standard InChI is InChI=1S/C17H14ClN5/c18-14-4-3-11-7-15(8-12(11)6-14)22-17-19-9-13(10-20-17)16-2-1-5-21-23-16/h1-6,9-10,15H,7-8H2,(H,19,20,22). The Labute approximate surface area is 138 Å². The maximum Gasteiger partial charge on any atom is 0.222 e. The van der Waals surface area contributed by atoms with Crippen LogP contribution in [0.1, 0.15) is 11.1 Å². The van der Waals surface area contributed by atoms with Crippen LogP contribution in [-0.4, -0.2) is 26.2 Å². The van der Waals surface area contributed by atoms with Crippen LogP contribution in [-0.2, 0) is 12.8 Å². The average molecular weight is 324 g/mol. The molecule has 0 radical (unpaired) electrons. The molecule has 1 aromatic carbocycles. The van der Waals surface area contributed by atoms with E-state index in [1.54, 1.807) is 18.6 Å². The summed E-state index contributed by atoms with van der Waals surface area (Å²) >= 11 is 6.05. The zero-order chi connectivity index (χ0) is 15.6. The van der Waals surface area contributed by atoms with Crippen LogP contribution in [0.25, 0.3) is 11.3 Å². The van der Waals surface area contributed by atoms with Crippen molar-refractivity contribution in [1.29, 1.82) is 0 Å². The van der Waals surface area contributed by atoms with Crippen LogP contribution < -0.4 is 5.32 Å². The summed E-state index contributed by atoms with van der Waals surface area (Å²) in [5, 5.41) is 12.1. The monoisotopic (exact) mass is 323 g/mol. The third-order valence-corrected chi connectivity index (χ3v) is 4.19. The van der Waals surface area contributed by atoms with Crippen LogP contribution in [0, 0.1) is 0 Å². The predicted octanol–water partition coefficient (Wildman–Crippen LogP) is 3.17. The molecular weight excluding hydrogens is 310 g/mol. The smallest absolute Gasteiger partial charge is 0.222 e. The number of rotatable bonds is 3. The third-order valence-electron chi connectivity index (χ3n) is 3.95. The molecule has 2 aromatic heterocycles. The lowest BCUT2D eigenvalue weighted by molar-refractivity contribution is 0.761. The maximum atomic E-state index is 6.05. The minimum atomic E-state index is 0.297. The van der Waals surface area contributed by atoms with Gasteiger partial charge in [-0.05, 0) is 48.2 Å². The molecule has 3 aromatic rings. The first-order valence-electron chi connectivity index (χ1n) is 7.42. The molecule has 0 saturated heterocycles. The molecule has 0 saturated carbocycles. The first-order valence-corrected chi connectivity index (χ1v) is 7.80. The molecule has 1 unspecified atom stereocenters. The Morgan fingerprint density at radius 1 is 1.04 bits per heavy atom. The van der Waals surface area contributed by atoms with Crippen molar-refractivity contribution in [2.45, 2.75) is 18.9 Å². The van der Waals surface area contributed by atoms with Crippen molar-refractivity contribution >= 4 is 17.5 Å². The molecule has 0 bridgehead atoms. The van der Waals surface area contributed by atoms with Gasteiger partial charge in [0.05, 0.1) is 5.69 Å². The zero-order valence-corrected chi connectivity index (χ0v) is 13.0. The molecule has 114 valence electrons. The Hall–Kier alpha value is -2.53. The van der Waals surface area contributed by atoms with Gasteiger partial charge in [0.25, 0.3) is 0 Å². The Balaban J connectivity index is 1.46. The summed E-state index contributed by atoms with van der Waals surface area (Å²) in [7, 11) is 0. The molecule has 0 aliphatic heterocycles. The van der Waals surface area contributed by atoms with Crippen molar-refractivity contribution in [3.05, 3.63) is 65.1 Å². The number of nitrogens with zero attached hydrogens (tertiary/aromatic N) is 4. The number of anilines is 1. The molecule has 0 fully saturated rings. The fraction of sp³-hybridized carbons (Fsp3) is 0.176. The highest BCUT2D eigenvalue weighted by Crippen LogP contribution is 2.26. The minimum absolute atomic E-state index is 0.297. The summed E-state index contributed by atoms with van der Waals surface area (Å²) < 4.78 is 0. The van der Waals surface area contributed by atoms with E-state index < -0.39 is 0 Å². The van der Waals surface area contributed by atoms with E-state index >= 15 is 0 Å². The van der Waals surface area contributed by atoms with Crippen molar-refractivity contribution in [1.82, 2.24) is 20.2 Å². The molecule has 5 nitrogen and oxygen atoms in total. The molecule has 2 heterocycles. The molecule has 23 heavy (non-hydrogen) atoms. The summed E-state index contributed by atoms with van der Waals surface area (Å²) in [6, 6.07) is 10.1. The van der Waals surface area contributed by atoms with Gasteiger partial charge in [0.1, 0.15) is 0 Å². The lowest BCUT2D eigenvalue weighted by Gasteiger charge is -2.11. The second kappa shape index (κ2) is 5.93. The Kier molecular flexibility index (Phi) is 3.63. The fourth-order valence-electron chi connectivity index (χ4n) is 2.86. The first kappa shape index (κ1) is 14.1. The Bertz CT molecular complexity index is 820. The van der Waals surface area contributed by atoms with Gasteiger partial charge in [-0.25, -0.2) is 9.97 Å². The van der Waals surface area contributed by atoms with Gasteiger partial charge in [-0.15, -0.1) is 0 Å². The first-order chi connectivity index (χ1) is 11.3. The highest BCUT2D eigenvalue weighted by atomic mass is 35.5. The van der Waals surface area contributed by atoms with Gasteiger partial charge in [-0.2, -0.15) is 10.2 Å². The number of hydrogen-bond donors (Lipinski definition) is 1. The third kappa shape index (κ3) is 3.00. The molecule has 6 heteroatoms. The van der Waals surface area contributed by atoms with Crippen LogP contribution >= 0.6 is 11.6 Å². The Morgan fingerprint density at radius 2 is 1.87 bits per heavy atom. The topological polar surface area (TPSA) is 63.6 Å². The summed E-state index contributed by atoms with van der Waals surface area (Å²) in [5.74, 6) is 0.626. The number of nitrogens with one attached hydrogen (secondary N) is 1. The second-order valence-corrected chi connectivity index (χ2v) is 6.00. The summed E-state index contributed by atoms with van der Waals surface area (Å²) in [6.07, 6.45) is 7.06. The molecule has 0 amide bonds. The highest BCUT2D eigenvalue weighted by molar-refractivity contribution is 6.30. The summed E-state index contributed by atoms with van der Waals surface area (Å²) in [6.45, 7) is 0. The molecule has 1 aliphatic rings. The van der Waals surface area contributed by atoms with Crippen LogP contribution in [0.4, 0.5) is 5.95 Å². The fourth-order valence-corrected chi connectivity index (χ4v) is 3.06. The summed E-state index contributed by atoms with van der Waals surface area (Å²) in [4.78, 5) is 8.77. The van der Waals surface area contributed by atoms with E-state index in [1.807, 2.05) is 24.3 Å². The van der Waals surface area contributed by atoms with Crippen LogP contribution in [0.3, 0.4) is 0 Å². The van der Waals surface area contributed by atoms with Crippen LogP contribution in [0.2, 0.25) is 5.02 Å². The van der Waals surface area contributed by atoms with Gasteiger partial charge in [0.15, 0.2) is 0 Å². The van der Waals surface area contributed by atoms with Crippen LogP contribution in [0.5, 0.6) is 0 Å². The lowest BCUT2D eigenvalue weighted by atomic mass is 10.1. The van der Waals surface area contributed by atoms with Gasteiger partial charge in [0, 0.05) is 35.2 Å². The van der Waals surface area contributed by atoms with E-state index in [1.165, 1.54) is 11.1 Å². The Morgan fingerprint density at radius 3 is 2.65 bits per heavy atom. The van der Waals surface area contributed by atoms with E-state index in [2.05, 4.69) is 31.5 Å². The highest BCUT2D eigenvalue weighted by Gasteiger charge is 2.22. The number of fused-ring (bicyclic) bond motifs is 1. The average Bonchev–Trinajstić information content (AvgIpc) is 2.97. The number of benzene rings is 1. The van der Waals surface area contributed by atoms with E-state index in [4.69, 9.17) is 11.6 Å². The van der Waals surface area contributed by atoms with Crippen molar-refractivity contribution in [2.75, 3.05) is 5.32 Å². The molecular formula is C17H14ClN5. The second-order valence-electron chi connectivity index (χ2n) is 5.57. The van der Waals surface area contributed by atoms with Gasteiger partial charge in [0.2, 0.25) is 5.95 Å². The SMILES string of the molecule is Clc1ccc2c(c1)CC(Nc1ncc(-c3cccnn3)cn1)C2. The van der Waals surface area contributed by atoms with Crippen molar-refractivity contribution in [3.63, 3.8) is 0 Å². The van der Waals surface area contributed by atoms with Gasteiger partial charge in [-0.3, -0.25) is 0 Å². The van der Waals surface area contributed by atoms with E-state index in [0.29, 0.717) is 12.0 Å². The van der Waals surface area contributed by atoms with Crippen molar-refractivity contribution in [3.8, 4) is 11.3 Å². The normalized spacial score (nSPS) is 16.1. The molecule has 0 spiro atoms. The number of hydrogen-bond acceptors (Lipinski definition) is 5. The van der Waals surface area contributed by atoms with Crippen LogP contribution in [0.15, 0.2) is 48.9 Å². The molecule has 1 aliphatic carbocycles. The van der Waals surface area contributed by atoms with Gasteiger partial charge < -0.3 is 5.32 Å². The van der Waals surface area contributed by atoms with Gasteiger partial charge in [-0.1, -0.05) is 17.7 Å². The number of halogens is 1. The van der Waals surface area contributed by atoms with E-state index in [-0.39, 0.29) is 0 Å². The molecule has 1 atom stereocenters.